The summed E-state index contributed by atoms with van der Waals surface area (Å²) in [7, 11) is 0. The smallest absolute Gasteiger partial charge is 0.104 e. The van der Waals surface area contributed by atoms with Crippen molar-refractivity contribution in [1.82, 2.24) is 0 Å². The number of hydroxylamine groups is 3. The highest BCUT2D eigenvalue weighted by Crippen LogP contribution is 2.15. The number of hydrogen-bond acceptors (Lipinski definition) is 3. The fourth-order valence-corrected chi connectivity index (χ4v) is 1.68. The van der Waals surface area contributed by atoms with Crippen LogP contribution in [0, 0.1) is 5.21 Å². The lowest BCUT2D eigenvalue weighted by Crippen LogP contribution is -2.45. The lowest BCUT2D eigenvalue weighted by atomic mass is 10.2. The van der Waals surface area contributed by atoms with E-state index in [0.29, 0.717) is 5.02 Å². The predicted molar refractivity (Wildman–Crippen MR) is 62.7 cm³/mol. The maximum Gasteiger partial charge on any atom is 0.104 e. The van der Waals surface area contributed by atoms with E-state index in [2.05, 4.69) is 0 Å². The molecule has 0 saturated carbocycles. The van der Waals surface area contributed by atoms with Crippen LogP contribution in [-0.4, -0.2) is 41.2 Å². The van der Waals surface area contributed by atoms with E-state index in [1.165, 1.54) is 0 Å². The summed E-state index contributed by atoms with van der Waals surface area (Å²) in [6.45, 7) is 0.0405. The molecule has 4 nitrogen and oxygen atoms in total. The van der Waals surface area contributed by atoms with Gasteiger partial charge in [0.1, 0.15) is 19.6 Å². The molecule has 0 spiro atoms. The molecular weight excluding hydrogens is 230 g/mol. The minimum atomic E-state index is -0.616. The normalized spacial score (nSPS) is 11.8. The van der Waals surface area contributed by atoms with E-state index in [1.807, 2.05) is 0 Å². The Balaban J connectivity index is 2.70. The van der Waals surface area contributed by atoms with Gasteiger partial charge in [0.05, 0.1) is 13.2 Å². The van der Waals surface area contributed by atoms with Crippen molar-refractivity contribution in [2.24, 2.45) is 0 Å². The van der Waals surface area contributed by atoms with Crippen LogP contribution >= 0.6 is 11.6 Å². The number of nitrogens with zero attached hydrogens (tertiary/aromatic N) is 1. The number of benzene rings is 1. The number of rotatable bonds is 6. The van der Waals surface area contributed by atoms with Crippen molar-refractivity contribution in [3.05, 3.63) is 40.1 Å². The second kappa shape index (κ2) is 6.18. The Hall–Kier alpha value is -0.650. The van der Waals surface area contributed by atoms with Crippen LogP contribution in [0.2, 0.25) is 5.02 Å². The summed E-state index contributed by atoms with van der Waals surface area (Å²) in [4.78, 5) is 0. The molecule has 2 N–H and O–H groups in total. The summed E-state index contributed by atoms with van der Waals surface area (Å²) < 4.78 is -0.616. The number of quaternary nitrogens is 1. The Morgan fingerprint density at radius 1 is 1.06 bits per heavy atom. The van der Waals surface area contributed by atoms with Gasteiger partial charge in [-0.25, -0.2) is 0 Å². The molecule has 5 heteroatoms. The van der Waals surface area contributed by atoms with Crippen molar-refractivity contribution in [2.45, 2.75) is 6.54 Å². The molecule has 0 saturated heterocycles. The van der Waals surface area contributed by atoms with Crippen molar-refractivity contribution < 1.29 is 14.9 Å². The van der Waals surface area contributed by atoms with Crippen molar-refractivity contribution in [1.29, 1.82) is 0 Å². The van der Waals surface area contributed by atoms with E-state index in [0.717, 1.165) is 5.56 Å². The van der Waals surface area contributed by atoms with Crippen molar-refractivity contribution >= 4 is 11.6 Å². The Morgan fingerprint density at radius 3 is 2.00 bits per heavy atom. The Labute approximate surface area is 99.9 Å². The first-order valence-corrected chi connectivity index (χ1v) is 5.51. The third-order valence-electron chi connectivity index (χ3n) is 2.40. The van der Waals surface area contributed by atoms with Crippen molar-refractivity contribution in [3.63, 3.8) is 0 Å². The standard InChI is InChI=1S/C11H16ClNO3/c12-11-3-1-10(2-4-11)9-13(16,5-7-14)6-8-15/h1-4,14-15H,5-9H2. The molecule has 0 heterocycles. The van der Waals surface area contributed by atoms with Crippen LogP contribution in [0.4, 0.5) is 0 Å². The molecule has 1 rings (SSSR count). The monoisotopic (exact) mass is 245 g/mol. The number of aliphatic hydroxyl groups excluding tert-OH is 2. The molecule has 90 valence electrons. The maximum atomic E-state index is 12.1. The van der Waals surface area contributed by atoms with Gasteiger partial charge < -0.3 is 20.1 Å². The van der Waals surface area contributed by atoms with Gasteiger partial charge in [0.25, 0.3) is 0 Å². The Bertz CT molecular complexity index is 310. The van der Waals surface area contributed by atoms with E-state index < -0.39 is 4.65 Å². The summed E-state index contributed by atoms with van der Waals surface area (Å²) in [5.74, 6) is 0. The molecule has 0 aliphatic heterocycles. The number of aliphatic hydroxyl groups is 2. The minimum absolute atomic E-state index is 0.0865. The summed E-state index contributed by atoms with van der Waals surface area (Å²) in [5.41, 5.74) is 0.848. The summed E-state index contributed by atoms with van der Waals surface area (Å²) in [6.07, 6.45) is 0. The first-order valence-electron chi connectivity index (χ1n) is 5.13. The van der Waals surface area contributed by atoms with Gasteiger partial charge in [-0.3, -0.25) is 0 Å². The van der Waals surface area contributed by atoms with Crippen molar-refractivity contribution in [3.8, 4) is 0 Å². The summed E-state index contributed by atoms with van der Waals surface area (Å²) in [5, 5.41) is 30.4. The number of halogens is 1. The molecule has 1 aromatic carbocycles. The molecule has 0 aliphatic rings. The summed E-state index contributed by atoms with van der Waals surface area (Å²) in [6, 6.07) is 7.00. The van der Waals surface area contributed by atoms with Crippen molar-refractivity contribution in [2.75, 3.05) is 26.3 Å². The average molecular weight is 246 g/mol. The third-order valence-corrected chi connectivity index (χ3v) is 2.65. The zero-order valence-electron chi connectivity index (χ0n) is 8.97. The van der Waals surface area contributed by atoms with Crippen LogP contribution in [0.5, 0.6) is 0 Å². The maximum absolute atomic E-state index is 12.1. The predicted octanol–water partition coefficient (Wildman–Crippen LogP) is 1.14. The molecule has 0 aromatic heterocycles. The summed E-state index contributed by atoms with van der Waals surface area (Å²) >= 11 is 5.74. The van der Waals surface area contributed by atoms with Crippen LogP contribution in [0.1, 0.15) is 5.56 Å². The second-order valence-corrected chi connectivity index (χ2v) is 4.17. The lowest BCUT2D eigenvalue weighted by molar-refractivity contribution is -0.894. The second-order valence-electron chi connectivity index (χ2n) is 3.74. The van der Waals surface area contributed by atoms with Gasteiger partial charge in [-0.2, -0.15) is 0 Å². The van der Waals surface area contributed by atoms with Gasteiger partial charge in [-0.15, -0.1) is 0 Å². The van der Waals surface area contributed by atoms with Crippen LogP contribution in [0.3, 0.4) is 0 Å². The molecule has 1 aromatic rings. The fraction of sp³-hybridized carbons (Fsp3) is 0.455. The Kier molecular flexibility index (Phi) is 5.18. The fourth-order valence-electron chi connectivity index (χ4n) is 1.56. The molecule has 0 unspecified atom stereocenters. The van der Waals surface area contributed by atoms with Gasteiger partial charge >= 0.3 is 0 Å². The highest BCUT2D eigenvalue weighted by atomic mass is 35.5. The molecule has 0 fully saturated rings. The molecule has 0 amide bonds. The van der Waals surface area contributed by atoms with Crippen LogP contribution in [0.25, 0.3) is 0 Å². The zero-order valence-corrected chi connectivity index (χ0v) is 9.73. The van der Waals surface area contributed by atoms with E-state index >= 15 is 0 Å². The first-order chi connectivity index (χ1) is 7.59. The quantitative estimate of drug-likeness (QED) is 0.584. The molecule has 0 aliphatic carbocycles. The van der Waals surface area contributed by atoms with Gasteiger partial charge in [-0.05, 0) is 12.1 Å². The van der Waals surface area contributed by atoms with Crippen LogP contribution < -0.4 is 0 Å². The zero-order chi connectivity index (χ0) is 12.0. The first kappa shape index (κ1) is 13.4. The van der Waals surface area contributed by atoms with Crippen LogP contribution in [-0.2, 0) is 6.54 Å². The van der Waals surface area contributed by atoms with Gasteiger partial charge in [0, 0.05) is 10.6 Å². The molecule has 0 radical (unpaired) electrons. The van der Waals surface area contributed by atoms with E-state index in [1.54, 1.807) is 24.3 Å². The van der Waals surface area contributed by atoms with Gasteiger partial charge in [0.2, 0.25) is 0 Å². The molecular formula is C11H16ClNO3. The third kappa shape index (κ3) is 4.08. The van der Waals surface area contributed by atoms with E-state index in [4.69, 9.17) is 21.8 Å². The Morgan fingerprint density at radius 2 is 1.56 bits per heavy atom. The van der Waals surface area contributed by atoms with Crippen LogP contribution in [0.15, 0.2) is 24.3 Å². The van der Waals surface area contributed by atoms with E-state index in [9.17, 15) is 5.21 Å². The SMILES string of the molecule is [O-][N+](CCO)(CCO)Cc1ccc(Cl)cc1. The lowest BCUT2D eigenvalue weighted by Gasteiger charge is -2.42. The minimum Gasteiger partial charge on any atom is -0.632 e. The van der Waals surface area contributed by atoms with Gasteiger partial charge in [0.15, 0.2) is 0 Å². The highest BCUT2D eigenvalue weighted by Gasteiger charge is 2.16. The number of hydrogen-bond donors (Lipinski definition) is 2. The highest BCUT2D eigenvalue weighted by molar-refractivity contribution is 6.30. The average Bonchev–Trinajstić information content (AvgIpc) is 2.22. The molecule has 0 atom stereocenters. The molecule has 0 bridgehead atoms. The topological polar surface area (TPSA) is 63.5 Å². The van der Waals surface area contributed by atoms with E-state index in [-0.39, 0.29) is 32.8 Å². The van der Waals surface area contributed by atoms with Gasteiger partial charge in [-0.1, -0.05) is 23.7 Å². The molecule has 16 heavy (non-hydrogen) atoms. The largest absolute Gasteiger partial charge is 0.632 e.